The van der Waals surface area contributed by atoms with E-state index in [0.29, 0.717) is 12.1 Å². The summed E-state index contributed by atoms with van der Waals surface area (Å²) < 4.78 is 0.826. The highest BCUT2D eigenvalue weighted by molar-refractivity contribution is 9.10. The number of carbonyl (C=O) groups excluding carboxylic acids is 1. The summed E-state index contributed by atoms with van der Waals surface area (Å²) in [6.07, 6.45) is -0.475. The molecule has 0 aliphatic rings. The Morgan fingerprint density at radius 1 is 1.24 bits per heavy atom. The molecular formula is C17H18BrNO2. The van der Waals surface area contributed by atoms with E-state index in [1.165, 1.54) is 0 Å². The van der Waals surface area contributed by atoms with Crippen molar-refractivity contribution in [3.63, 3.8) is 0 Å². The largest absolute Gasteiger partial charge is 0.389 e. The van der Waals surface area contributed by atoms with E-state index in [-0.39, 0.29) is 5.91 Å². The highest BCUT2D eigenvalue weighted by Gasteiger charge is 2.10. The first-order valence-electron chi connectivity index (χ1n) is 6.79. The number of halogens is 1. The van der Waals surface area contributed by atoms with Crippen LogP contribution >= 0.6 is 15.9 Å². The van der Waals surface area contributed by atoms with Gasteiger partial charge in [-0.2, -0.15) is 0 Å². The maximum atomic E-state index is 12.2. The van der Waals surface area contributed by atoms with Gasteiger partial charge in [0.2, 0.25) is 0 Å². The van der Waals surface area contributed by atoms with Crippen LogP contribution in [0, 0.1) is 6.92 Å². The summed E-state index contributed by atoms with van der Waals surface area (Å²) >= 11 is 3.44. The minimum absolute atomic E-state index is 0.106. The molecule has 0 aliphatic carbocycles. The first kappa shape index (κ1) is 15.7. The van der Waals surface area contributed by atoms with Crippen LogP contribution < -0.4 is 5.32 Å². The molecule has 2 aromatic carbocycles. The lowest BCUT2D eigenvalue weighted by molar-refractivity contribution is 0.0950. The lowest BCUT2D eigenvalue weighted by Gasteiger charge is -2.10. The number of carbonyl (C=O) groups is 1. The van der Waals surface area contributed by atoms with Crippen molar-refractivity contribution in [3.05, 3.63) is 69.2 Å². The Balaban J connectivity index is 2.02. The Bertz CT molecular complexity index is 636. The number of nitrogens with one attached hydrogen (secondary N) is 1. The minimum atomic E-state index is -0.475. The van der Waals surface area contributed by atoms with E-state index in [1.807, 2.05) is 43.3 Å². The summed E-state index contributed by atoms with van der Waals surface area (Å²) in [6.45, 7) is 4.14. The van der Waals surface area contributed by atoms with Crippen LogP contribution in [-0.4, -0.2) is 11.0 Å². The quantitative estimate of drug-likeness (QED) is 0.884. The molecule has 1 atom stereocenters. The van der Waals surface area contributed by atoms with Crippen LogP contribution in [0.3, 0.4) is 0 Å². The molecule has 2 rings (SSSR count). The molecule has 3 nitrogen and oxygen atoms in total. The van der Waals surface area contributed by atoms with Crippen molar-refractivity contribution in [2.45, 2.75) is 26.5 Å². The van der Waals surface area contributed by atoms with Crippen molar-refractivity contribution in [2.24, 2.45) is 0 Å². The zero-order valence-electron chi connectivity index (χ0n) is 12.1. The summed E-state index contributed by atoms with van der Waals surface area (Å²) in [5.74, 6) is -0.106. The van der Waals surface area contributed by atoms with Gasteiger partial charge in [0, 0.05) is 11.0 Å². The van der Waals surface area contributed by atoms with E-state index in [2.05, 4.69) is 21.2 Å². The molecule has 2 N–H and O–H groups in total. The van der Waals surface area contributed by atoms with Gasteiger partial charge in [-0.05, 0) is 52.5 Å². The number of benzene rings is 2. The molecule has 0 aromatic heterocycles. The molecule has 0 radical (unpaired) electrons. The number of hydrogen-bond acceptors (Lipinski definition) is 2. The van der Waals surface area contributed by atoms with Gasteiger partial charge in [-0.3, -0.25) is 4.79 Å². The predicted octanol–water partition coefficient (Wildman–Crippen LogP) is 3.74. The van der Waals surface area contributed by atoms with E-state index in [0.717, 1.165) is 21.2 Å². The van der Waals surface area contributed by atoms with E-state index in [4.69, 9.17) is 0 Å². The third-order valence-electron chi connectivity index (χ3n) is 3.35. The molecule has 4 heteroatoms. The van der Waals surface area contributed by atoms with Crippen LogP contribution in [0.25, 0.3) is 0 Å². The second-order valence-electron chi connectivity index (χ2n) is 5.04. The van der Waals surface area contributed by atoms with Crippen molar-refractivity contribution < 1.29 is 9.90 Å². The fourth-order valence-corrected chi connectivity index (χ4v) is 2.46. The second-order valence-corrected chi connectivity index (χ2v) is 5.83. The SMILES string of the molecule is Cc1cccc(C(=O)NCc2ccc([C@H](C)O)cc2)c1Br. The van der Waals surface area contributed by atoms with Crippen molar-refractivity contribution in [1.82, 2.24) is 5.32 Å². The Morgan fingerprint density at radius 2 is 1.90 bits per heavy atom. The second kappa shape index (κ2) is 6.87. The molecule has 0 aliphatic heterocycles. The van der Waals surface area contributed by atoms with Crippen molar-refractivity contribution in [2.75, 3.05) is 0 Å². The Morgan fingerprint density at radius 3 is 2.52 bits per heavy atom. The molecule has 0 spiro atoms. The maximum Gasteiger partial charge on any atom is 0.252 e. The maximum absolute atomic E-state index is 12.2. The summed E-state index contributed by atoms with van der Waals surface area (Å²) in [5.41, 5.74) is 3.53. The molecule has 0 fully saturated rings. The summed E-state index contributed by atoms with van der Waals surface area (Å²) in [4.78, 5) is 12.2. The molecule has 0 bridgehead atoms. The van der Waals surface area contributed by atoms with Crippen LogP contribution in [0.2, 0.25) is 0 Å². The van der Waals surface area contributed by atoms with Crippen LogP contribution in [0.5, 0.6) is 0 Å². The molecule has 2 aromatic rings. The van der Waals surface area contributed by atoms with E-state index >= 15 is 0 Å². The van der Waals surface area contributed by atoms with Crippen LogP contribution in [0.4, 0.5) is 0 Å². The van der Waals surface area contributed by atoms with Crippen LogP contribution in [0.15, 0.2) is 46.9 Å². The highest BCUT2D eigenvalue weighted by atomic mass is 79.9. The van der Waals surface area contributed by atoms with Gasteiger partial charge in [-0.15, -0.1) is 0 Å². The van der Waals surface area contributed by atoms with Gasteiger partial charge < -0.3 is 10.4 Å². The van der Waals surface area contributed by atoms with E-state index in [1.54, 1.807) is 13.0 Å². The molecule has 0 heterocycles. The molecule has 1 amide bonds. The summed E-state index contributed by atoms with van der Waals surface area (Å²) in [6, 6.07) is 13.2. The van der Waals surface area contributed by atoms with Crippen molar-refractivity contribution in [1.29, 1.82) is 0 Å². The van der Waals surface area contributed by atoms with Crippen molar-refractivity contribution in [3.8, 4) is 0 Å². The summed E-state index contributed by atoms with van der Waals surface area (Å²) in [5, 5.41) is 12.4. The zero-order valence-corrected chi connectivity index (χ0v) is 13.6. The third-order valence-corrected chi connectivity index (χ3v) is 4.40. The molecule has 21 heavy (non-hydrogen) atoms. The molecule has 0 unspecified atom stereocenters. The number of hydrogen-bond donors (Lipinski definition) is 2. The first-order valence-corrected chi connectivity index (χ1v) is 7.58. The average Bonchev–Trinajstić information content (AvgIpc) is 2.48. The van der Waals surface area contributed by atoms with Gasteiger partial charge >= 0.3 is 0 Å². The van der Waals surface area contributed by atoms with E-state index in [9.17, 15) is 9.90 Å². The minimum Gasteiger partial charge on any atom is -0.389 e. The Labute approximate surface area is 133 Å². The average molecular weight is 348 g/mol. The number of aryl methyl sites for hydroxylation is 1. The fraction of sp³-hybridized carbons (Fsp3) is 0.235. The topological polar surface area (TPSA) is 49.3 Å². The van der Waals surface area contributed by atoms with Crippen LogP contribution in [-0.2, 0) is 6.54 Å². The normalized spacial score (nSPS) is 12.0. The highest BCUT2D eigenvalue weighted by Crippen LogP contribution is 2.21. The van der Waals surface area contributed by atoms with Crippen molar-refractivity contribution >= 4 is 21.8 Å². The Hall–Kier alpha value is -1.65. The van der Waals surface area contributed by atoms with Gasteiger partial charge in [-0.25, -0.2) is 0 Å². The van der Waals surface area contributed by atoms with Gasteiger partial charge in [0.05, 0.1) is 11.7 Å². The van der Waals surface area contributed by atoms with Gasteiger partial charge in [0.25, 0.3) is 5.91 Å². The van der Waals surface area contributed by atoms with Crippen LogP contribution in [0.1, 0.15) is 40.1 Å². The van der Waals surface area contributed by atoms with Gasteiger partial charge in [0.15, 0.2) is 0 Å². The number of rotatable bonds is 4. The first-order chi connectivity index (χ1) is 9.99. The number of amides is 1. The molecule has 110 valence electrons. The number of aliphatic hydroxyl groups is 1. The fourth-order valence-electron chi connectivity index (χ4n) is 2.01. The predicted molar refractivity (Wildman–Crippen MR) is 87.1 cm³/mol. The Kier molecular flexibility index (Phi) is 5.15. The lowest BCUT2D eigenvalue weighted by atomic mass is 10.1. The monoisotopic (exact) mass is 347 g/mol. The standard InChI is InChI=1S/C17H18BrNO2/c1-11-4-3-5-15(16(11)18)17(21)19-10-13-6-8-14(9-7-13)12(2)20/h3-9,12,20H,10H2,1-2H3,(H,19,21)/t12-/m0/s1. The third kappa shape index (κ3) is 3.93. The molecule has 0 saturated carbocycles. The molecular weight excluding hydrogens is 330 g/mol. The molecule has 0 saturated heterocycles. The van der Waals surface area contributed by atoms with Gasteiger partial charge in [0.1, 0.15) is 0 Å². The smallest absolute Gasteiger partial charge is 0.252 e. The van der Waals surface area contributed by atoms with E-state index < -0.39 is 6.10 Å². The zero-order chi connectivity index (χ0) is 15.4. The number of aliphatic hydroxyl groups excluding tert-OH is 1. The van der Waals surface area contributed by atoms with Gasteiger partial charge in [-0.1, -0.05) is 36.4 Å². The summed E-state index contributed by atoms with van der Waals surface area (Å²) in [7, 11) is 0. The lowest BCUT2D eigenvalue weighted by Crippen LogP contribution is -2.23.